The van der Waals surface area contributed by atoms with Crippen molar-refractivity contribution in [2.24, 2.45) is 0 Å². The van der Waals surface area contributed by atoms with E-state index in [1.165, 1.54) is 30.7 Å². The monoisotopic (exact) mass is 350 g/mol. The predicted octanol–water partition coefficient (Wildman–Crippen LogP) is 1.05. The van der Waals surface area contributed by atoms with Gasteiger partial charge in [-0.25, -0.2) is 19.3 Å². The van der Waals surface area contributed by atoms with Gasteiger partial charge in [0, 0.05) is 56.6 Å². The molecule has 2 N–H and O–H groups in total. The summed E-state index contributed by atoms with van der Waals surface area (Å²) in [7, 11) is 0. The van der Waals surface area contributed by atoms with Gasteiger partial charge in [-0.3, -0.25) is 9.69 Å². The minimum absolute atomic E-state index is 0.113. The number of rotatable bonds is 5. The molecule has 1 atom stereocenters. The molecule has 24 heavy (non-hydrogen) atoms. The number of amides is 1. The lowest BCUT2D eigenvalue weighted by Gasteiger charge is -2.33. The molecular weight excluding hydrogens is 331 g/mol. The maximum atomic E-state index is 12.9. The maximum absolute atomic E-state index is 12.9. The molecule has 0 aromatic carbocycles. The van der Waals surface area contributed by atoms with Crippen molar-refractivity contribution in [1.29, 1.82) is 0 Å². The zero-order chi connectivity index (χ0) is 16.9. The van der Waals surface area contributed by atoms with E-state index in [1.54, 1.807) is 6.20 Å². The Balaban J connectivity index is 1.54. The number of hydrogen-bond donors (Lipinski definition) is 2. The van der Waals surface area contributed by atoms with E-state index in [2.05, 4.69) is 30.5 Å². The number of halogens is 1. The smallest absolute Gasteiger partial charge is 0.223 e. The third-order valence-corrected chi connectivity index (χ3v) is 4.56. The normalized spacial score (nSPS) is 18.5. The zero-order valence-electron chi connectivity index (χ0n) is 13.3. The predicted molar refractivity (Wildman–Crippen MR) is 89.2 cm³/mol. The molecule has 7 nitrogen and oxygen atoms in total. The molecule has 1 aliphatic heterocycles. The van der Waals surface area contributed by atoms with Crippen LogP contribution in [0.1, 0.15) is 17.6 Å². The van der Waals surface area contributed by atoms with Gasteiger partial charge in [-0.2, -0.15) is 0 Å². The fraction of sp³-hybridized carbons (Fsp3) is 0.467. The second kappa shape index (κ2) is 7.73. The Morgan fingerprint density at radius 3 is 2.96 bits per heavy atom. The first kappa shape index (κ1) is 16.9. The molecule has 0 saturated carbocycles. The highest BCUT2D eigenvalue weighted by Crippen LogP contribution is 2.20. The second-order valence-corrected chi connectivity index (χ2v) is 6.84. The first-order valence-electron chi connectivity index (χ1n) is 7.73. The van der Waals surface area contributed by atoms with Gasteiger partial charge in [-0.05, 0) is 0 Å². The summed E-state index contributed by atoms with van der Waals surface area (Å²) in [5.74, 6) is 0.107. The number of thiazole rings is 1. The standard InChI is InChI=1S/C15H19FN6OS/c1-10(23)21-15-20-7-13(24-15)9-22-3-2-17-12(8-22)4-14-18-5-11(16)6-19-14/h5-7,12,17H,2-4,8-9H2,1H3,(H,20,21,23)/t12-/m0/s1. The largest absolute Gasteiger partial charge is 0.311 e. The molecule has 2 aromatic heterocycles. The van der Waals surface area contributed by atoms with Gasteiger partial charge in [0.2, 0.25) is 5.91 Å². The fourth-order valence-electron chi connectivity index (χ4n) is 2.65. The van der Waals surface area contributed by atoms with Crippen molar-refractivity contribution >= 4 is 22.4 Å². The van der Waals surface area contributed by atoms with Gasteiger partial charge < -0.3 is 10.6 Å². The Hall–Kier alpha value is -1.97. The number of hydrogen-bond acceptors (Lipinski definition) is 7. The molecule has 128 valence electrons. The quantitative estimate of drug-likeness (QED) is 0.839. The van der Waals surface area contributed by atoms with E-state index in [4.69, 9.17) is 0 Å². The third kappa shape index (κ3) is 4.76. The summed E-state index contributed by atoms with van der Waals surface area (Å²) in [5.41, 5.74) is 0. The molecule has 1 fully saturated rings. The molecule has 2 aromatic rings. The number of anilines is 1. The van der Waals surface area contributed by atoms with Crippen LogP contribution in [-0.4, -0.2) is 51.4 Å². The molecule has 1 amide bonds. The van der Waals surface area contributed by atoms with Crippen LogP contribution >= 0.6 is 11.3 Å². The average Bonchev–Trinajstić information content (AvgIpc) is 2.96. The molecular formula is C15H19FN6OS. The molecule has 0 unspecified atom stereocenters. The molecule has 0 bridgehead atoms. The van der Waals surface area contributed by atoms with Crippen molar-refractivity contribution in [3.63, 3.8) is 0 Å². The van der Waals surface area contributed by atoms with E-state index in [0.29, 0.717) is 17.4 Å². The van der Waals surface area contributed by atoms with Crippen LogP contribution in [0.15, 0.2) is 18.6 Å². The molecule has 0 radical (unpaired) electrons. The molecule has 1 saturated heterocycles. The van der Waals surface area contributed by atoms with Crippen molar-refractivity contribution in [2.45, 2.75) is 25.9 Å². The van der Waals surface area contributed by atoms with E-state index in [9.17, 15) is 9.18 Å². The highest BCUT2D eigenvalue weighted by molar-refractivity contribution is 7.15. The number of aromatic nitrogens is 3. The van der Waals surface area contributed by atoms with Gasteiger partial charge in [0.25, 0.3) is 0 Å². The van der Waals surface area contributed by atoms with Crippen molar-refractivity contribution in [3.05, 3.63) is 35.1 Å². The lowest BCUT2D eigenvalue weighted by atomic mass is 10.1. The second-order valence-electron chi connectivity index (χ2n) is 5.72. The Kier molecular flexibility index (Phi) is 5.44. The number of piperazine rings is 1. The molecule has 9 heteroatoms. The summed E-state index contributed by atoms with van der Waals surface area (Å²) in [6, 6.07) is 0.229. The lowest BCUT2D eigenvalue weighted by molar-refractivity contribution is -0.114. The summed E-state index contributed by atoms with van der Waals surface area (Å²) in [4.78, 5) is 26.7. The Morgan fingerprint density at radius 1 is 1.42 bits per heavy atom. The van der Waals surface area contributed by atoms with Crippen molar-refractivity contribution in [1.82, 2.24) is 25.2 Å². The van der Waals surface area contributed by atoms with E-state index in [0.717, 1.165) is 31.1 Å². The molecule has 0 aliphatic carbocycles. The molecule has 3 rings (SSSR count). The highest BCUT2D eigenvalue weighted by Gasteiger charge is 2.21. The number of carbonyl (C=O) groups excluding carboxylic acids is 1. The van der Waals surface area contributed by atoms with Gasteiger partial charge in [0.05, 0.1) is 12.4 Å². The Morgan fingerprint density at radius 2 is 2.21 bits per heavy atom. The van der Waals surface area contributed by atoms with E-state index >= 15 is 0 Å². The topological polar surface area (TPSA) is 83.0 Å². The number of carbonyl (C=O) groups is 1. The van der Waals surface area contributed by atoms with E-state index in [-0.39, 0.29) is 11.9 Å². The van der Waals surface area contributed by atoms with Crippen LogP contribution in [0, 0.1) is 5.82 Å². The number of nitrogens with zero attached hydrogens (tertiary/aromatic N) is 4. The third-order valence-electron chi connectivity index (χ3n) is 3.66. The van der Waals surface area contributed by atoms with Gasteiger partial charge in [0.1, 0.15) is 5.82 Å². The lowest BCUT2D eigenvalue weighted by Crippen LogP contribution is -2.51. The van der Waals surface area contributed by atoms with Gasteiger partial charge in [0.15, 0.2) is 10.9 Å². The summed E-state index contributed by atoms with van der Waals surface area (Å²) >= 11 is 1.49. The molecule has 1 aliphatic rings. The van der Waals surface area contributed by atoms with E-state index < -0.39 is 5.82 Å². The first-order chi connectivity index (χ1) is 11.6. The SMILES string of the molecule is CC(=O)Nc1ncc(CN2CCN[C@@H](Cc3ncc(F)cn3)C2)s1. The molecule has 0 spiro atoms. The summed E-state index contributed by atoms with van der Waals surface area (Å²) in [6.45, 7) is 4.94. The van der Waals surface area contributed by atoms with Crippen LogP contribution < -0.4 is 10.6 Å². The van der Waals surface area contributed by atoms with Gasteiger partial charge in [-0.15, -0.1) is 11.3 Å². The van der Waals surface area contributed by atoms with Crippen molar-refractivity contribution in [2.75, 3.05) is 25.0 Å². The van der Waals surface area contributed by atoms with Crippen LogP contribution in [0.3, 0.4) is 0 Å². The number of nitrogens with one attached hydrogen (secondary N) is 2. The Labute approximate surface area is 143 Å². The van der Waals surface area contributed by atoms with E-state index in [1.807, 2.05) is 0 Å². The van der Waals surface area contributed by atoms with Crippen LogP contribution in [0.5, 0.6) is 0 Å². The van der Waals surface area contributed by atoms with Crippen LogP contribution in [0.25, 0.3) is 0 Å². The van der Waals surface area contributed by atoms with Gasteiger partial charge >= 0.3 is 0 Å². The fourth-order valence-corrected chi connectivity index (χ4v) is 3.55. The molecule has 3 heterocycles. The van der Waals surface area contributed by atoms with Crippen molar-refractivity contribution < 1.29 is 9.18 Å². The Bertz CT molecular complexity index is 692. The minimum Gasteiger partial charge on any atom is -0.311 e. The summed E-state index contributed by atoms with van der Waals surface area (Å²) < 4.78 is 12.9. The first-order valence-corrected chi connectivity index (χ1v) is 8.54. The summed E-state index contributed by atoms with van der Waals surface area (Å²) in [5, 5.41) is 6.77. The maximum Gasteiger partial charge on any atom is 0.223 e. The van der Waals surface area contributed by atoms with Gasteiger partial charge in [-0.1, -0.05) is 0 Å². The highest BCUT2D eigenvalue weighted by atomic mass is 32.1. The van der Waals surface area contributed by atoms with Crippen LogP contribution in [0.2, 0.25) is 0 Å². The van der Waals surface area contributed by atoms with Crippen LogP contribution in [0.4, 0.5) is 9.52 Å². The zero-order valence-corrected chi connectivity index (χ0v) is 14.1. The average molecular weight is 350 g/mol. The van der Waals surface area contributed by atoms with Crippen LogP contribution in [-0.2, 0) is 17.8 Å². The summed E-state index contributed by atoms with van der Waals surface area (Å²) in [6.07, 6.45) is 4.86. The van der Waals surface area contributed by atoms with Crippen molar-refractivity contribution in [3.8, 4) is 0 Å². The minimum atomic E-state index is -0.419.